The Morgan fingerprint density at radius 1 is 1.12 bits per heavy atom. The fourth-order valence-corrected chi connectivity index (χ4v) is 4.08. The van der Waals surface area contributed by atoms with Gasteiger partial charge in [-0.25, -0.2) is 4.79 Å². The third kappa shape index (κ3) is 1.87. The van der Waals surface area contributed by atoms with Crippen molar-refractivity contribution in [2.45, 2.75) is 44.4 Å². The summed E-state index contributed by atoms with van der Waals surface area (Å²) >= 11 is 0. The zero-order chi connectivity index (χ0) is 17.2. The van der Waals surface area contributed by atoms with Crippen molar-refractivity contribution in [1.29, 1.82) is 0 Å². The predicted molar refractivity (Wildman–Crippen MR) is 87.2 cm³/mol. The van der Waals surface area contributed by atoms with Crippen LogP contribution in [0, 0.1) is 0 Å². The van der Waals surface area contributed by atoms with Crippen LogP contribution in [0.15, 0.2) is 24.3 Å². The van der Waals surface area contributed by atoms with Crippen LogP contribution in [0.2, 0.25) is 0 Å². The molecule has 0 aliphatic carbocycles. The maximum atomic E-state index is 12.4. The highest BCUT2D eigenvalue weighted by atomic mass is 16.3. The van der Waals surface area contributed by atoms with Gasteiger partial charge >= 0.3 is 6.03 Å². The van der Waals surface area contributed by atoms with Crippen molar-refractivity contribution < 1.29 is 14.7 Å². The molecule has 1 aromatic rings. The van der Waals surface area contributed by atoms with Gasteiger partial charge < -0.3 is 14.9 Å². The van der Waals surface area contributed by atoms with Gasteiger partial charge in [-0.2, -0.15) is 0 Å². The van der Waals surface area contributed by atoms with Gasteiger partial charge in [0.15, 0.2) is 0 Å². The number of fused-ring (bicyclic) bond motifs is 3. The number of hydrogen-bond acceptors (Lipinski definition) is 6. The smallest absolute Gasteiger partial charge is 0.325 e. The van der Waals surface area contributed by atoms with Gasteiger partial charge in [-0.1, -0.05) is 12.1 Å². The second-order valence-electron chi connectivity index (χ2n) is 6.66. The molecule has 8 heteroatoms. The fourth-order valence-electron chi connectivity index (χ4n) is 4.08. The minimum absolute atomic E-state index is 0.0736. The molecule has 128 valence electrons. The molecule has 5 unspecified atom stereocenters. The van der Waals surface area contributed by atoms with E-state index in [0.29, 0.717) is 5.69 Å². The van der Waals surface area contributed by atoms with Crippen molar-refractivity contribution >= 4 is 17.6 Å². The van der Waals surface area contributed by atoms with E-state index in [1.807, 2.05) is 12.1 Å². The monoisotopic (exact) mass is 331 g/mol. The summed E-state index contributed by atoms with van der Waals surface area (Å²) < 4.78 is 0. The van der Waals surface area contributed by atoms with Crippen LogP contribution in [0.4, 0.5) is 10.5 Å². The zero-order valence-electron chi connectivity index (χ0n) is 13.8. The molecular formula is C16H21N5O3. The average Bonchev–Trinajstić information content (AvgIpc) is 3.04. The number of hydrogen-bond donors (Lipinski definition) is 3. The molecule has 5 atom stereocenters. The highest BCUT2D eigenvalue weighted by molar-refractivity contribution is 6.00. The fraction of sp³-hybridized carbons (Fsp3) is 0.500. The number of urea groups is 1. The number of likely N-dealkylation sites (N-methyl/N-ethyl adjacent to an activating group) is 1. The zero-order valence-corrected chi connectivity index (χ0v) is 13.8. The number of anilines is 1. The van der Waals surface area contributed by atoms with Crippen molar-refractivity contribution in [3.05, 3.63) is 24.3 Å². The van der Waals surface area contributed by atoms with Gasteiger partial charge in [-0.15, -0.1) is 0 Å². The second kappa shape index (κ2) is 5.09. The van der Waals surface area contributed by atoms with Crippen molar-refractivity contribution in [3.8, 4) is 5.75 Å². The van der Waals surface area contributed by atoms with E-state index in [9.17, 15) is 14.7 Å². The molecule has 1 aromatic carbocycles. The van der Waals surface area contributed by atoms with Crippen molar-refractivity contribution in [2.75, 3.05) is 11.9 Å². The Labute approximate surface area is 140 Å². The molecule has 3 aliphatic heterocycles. The van der Waals surface area contributed by atoms with Crippen LogP contribution in [0.1, 0.15) is 13.8 Å². The van der Waals surface area contributed by atoms with Gasteiger partial charge in [-0.05, 0) is 26.0 Å². The molecule has 3 aliphatic rings. The van der Waals surface area contributed by atoms with Crippen LogP contribution in [0.25, 0.3) is 0 Å². The Morgan fingerprint density at radius 3 is 2.54 bits per heavy atom. The van der Waals surface area contributed by atoms with Crippen LogP contribution in [-0.4, -0.2) is 64.5 Å². The summed E-state index contributed by atoms with van der Waals surface area (Å²) in [6, 6.07) is 6.48. The average molecular weight is 331 g/mol. The molecule has 8 nitrogen and oxygen atoms in total. The molecule has 24 heavy (non-hydrogen) atoms. The number of aromatic hydroxyl groups is 1. The number of para-hydroxylation sites is 2. The van der Waals surface area contributed by atoms with E-state index in [0.717, 1.165) is 0 Å². The first kappa shape index (κ1) is 15.2. The Morgan fingerprint density at radius 2 is 1.83 bits per heavy atom. The lowest BCUT2D eigenvalue weighted by Gasteiger charge is -2.37. The molecule has 3 fully saturated rings. The number of phenolic OH excluding ortho intramolecular Hbond substituents is 1. The van der Waals surface area contributed by atoms with Gasteiger partial charge in [0.1, 0.15) is 24.2 Å². The van der Waals surface area contributed by atoms with Crippen molar-refractivity contribution in [2.24, 2.45) is 0 Å². The maximum absolute atomic E-state index is 12.4. The molecule has 0 saturated carbocycles. The quantitative estimate of drug-likeness (QED) is 0.674. The number of carbonyl (C=O) groups excluding carboxylic acids is 2. The number of amides is 3. The number of phenols is 1. The lowest BCUT2D eigenvalue weighted by Crippen LogP contribution is -2.66. The van der Waals surface area contributed by atoms with Crippen LogP contribution >= 0.6 is 0 Å². The minimum atomic E-state index is -0.453. The first-order valence-electron chi connectivity index (χ1n) is 8.09. The van der Waals surface area contributed by atoms with Crippen molar-refractivity contribution in [3.63, 3.8) is 0 Å². The Balaban J connectivity index is 1.75. The summed E-state index contributed by atoms with van der Waals surface area (Å²) in [5, 5.41) is 16.1. The summed E-state index contributed by atoms with van der Waals surface area (Å²) in [5.74, 6) is -0.0831. The summed E-state index contributed by atoms with van der Waals surface area (Å²) in [4.78, 5) is 30.0. The van der Waals surface area contributed by atoms with Crippen LogP contribution < -0.4 is 15.5 Å². The van der Waals surface area contributed by atoms with Crippen LogP contribution in [-0.2, 0) is 4.79 Å². The lowest BCUT2D eigenvalue weighted by atomic mass is 10.1. The number of benzene rings is 1. The molecule has 3 amide bonds. The molecule has 3 N–H and O–H groups in total. The molecule has 3 heterocycles. The number of imide groups is 1. The topological polar surface area (TPSA) is 88.2 Å². The summed E-state index contributed by atoms with van der Waals surface area (Å²) in [7, 11) is 1.67. The van der Waals surface area contributed by atoms with Gasteiger partial charge in [0, 0.05) is 19.1 Å². The van der Waals surface area contributed by atoms with E-state index in [2.05, 4.69) is 34.3 Å². The summed E-state index contributed by atoms with van der Waals surface area (Å²) in [6.07, 6.45) is -0.656. The van der Waals surface area contributed by atoms with Gasteiger partial charge in [0.05, 0.1) is 5.69 Å². The first-order valence-corrected chi connectivity index (χ1v) is 8.09. The maximum Gasteiger partial charge on any atom is 0.325 e. The third-order valence-corrected chi connectivity index (χ3v) is 5.49. The first-order chi connectivity index (χ1) is 11.4. The molecule has 0 aromatic heterocycles. The van der Waals surface area contributed by atoms with E-state index < -0.39 is 12.1 Å². The number of nitrogens with zero attached hydrogens (tertiary/aromatic N) is 3. The highest BCUT2D eigenvalue weighted by Crippen LogP contribution is 2.41. The third-order valence-electron chi connectivity index (χ3n) is 5.49. The van der Waals surface area contributed by atoms with Crippen LogP contribution in [0.3, 0.4) is 0 Å². The molecular weight excluding hydrogens is 310 g/mol. The van der Waals surface area contributed by atoms with Gasteiger partial charge in [0.2, 0.25) is 5.91 Å². The standard InChI is InChI=1S/C16H21N5O3/c1-8-9(2)21-12-13(19(3)16(24)18-14(12)23)17-15(21)20(8)10-6-4-5-7-11(10)22/h4-9,12-13,15,17,22H,1-3H3,(H,18,23,24). The molecule has 0 radical (unpaired) electrons. The minimum Gasteiger partial charge on any atom is -0.506 e. The number of rotatable bonds is 1. The van der Waals surface area contributed by atoms with Crippen molar-refractivity contribution in [1.82, 2.24) is 20.4 Å². The molecule has 3 saturated heterocycles. The largest absolute Gasteiger partial charge is 0.506 e. The second-order valence-corrected chi connectivity index (χ2v) is 6.66. The van der Waals surface area contributed by atoms with E-state index in [1.54, 1.807) is 19.2 Å². The number of carbonyl (C=O) groups is 2. The van der Waals surface area contributed by atoms with Gasteiger partial charge in [0.25, 0.3) is 0 Å². The molecule has 4 rings (SSSR count). The van der Waals surface area contributed by atoms with E-state index in [-0.39, 0.29) is 36.2 Å². The summed E-state index contributed by atoms with van der Waals surface area (Å²) in [6.45, 7) is 4.13. The van der Waals surface area contributed by atoms with Crippen LogP contribution in [0.5, 0.6) is 5.75 Å². The Kier molecular flexibility index (Phi) is 3.23. The highest BCUT2D eigenvalue weighted by Gasteiger charge is 2.59. The van der Waals surface area contributed by atoms with E-state index in [4.69, 9.17) is 0 Å². The van der Waals surface area contributed by atoms with E-state index >= 15 is 0 Å². The predicted octanol–water partition coefficient (Wildman–Crippen LogP) is 0.0543. The number of nitrogens with one attached hydrogen (secondary N) is 2. The van der Waals surface area contributed by atoms with E-state index in [1.165, 1.54) is 4.90 Å². The lowest BCUT2D eigenvalue weighted by molar-refractivity contribution is -0.128. The Bertz CT molecular complexity index is 711. The van der Waals surface area contributed by atoms with Gasteiger partial charge in [-0.3, -0.25) is 20.3 Å². The Hall–Kier alpha value is -2.32. The SMILES string of the molecule is CC1C(C)N2C3C(=O)NC(=O)N(C)C3NC2N1c1ccccc1O. The molecule has 0 bridgehead atoms. The molecule has 0 spiro atoms. The summed E-state index contributed by atoms with van der Waals surface area (Å²) in [5.41, 5.74) is 0.713. The normalized spacial score (nSPS) is 35.9.